The first-order chi connectivity index (χ1) is 15.5. The summed E-state index contributed by atoms with van der Waals surface area (Å²) in [5.41, 5.74) is 1.26. The quantitative estimate of drug-likeness (QED) is 0.600. The molecule has 5 aliphatic rings. The molecule has 0 bridgehead atoms. The van der Waals surface area contributed by atoms with Crippen LogP contribution in [0.3, 0.4) is 0 Å². The van der Waals surface area contributed by atoms with E-state index in [0.29, 0.717) is 28.2 Å². The molecule has 6 nitrogen and oxygen atoms in total. The molecule has 1 N–H and O–H groups in total. The number of aliphatic hydroxyl groups is 1. The maximum atomic E-state index is 12.0. The van der Waals surface area contributed by atoms with Crippen LogP contribution in [0.5, 0.6) is 0 Å². The molecule has 5 rings (SSSR count). The number of rotatable bonds is 2. The lowest BCUT2D eigenvalue weighted by atomic mass is 9.38. The minimum atomic E-state index is -1.28. The summed E-state index contributed by atoms with van der Waals surface area (Å²) >= 11 is 0. The maximum absolute atomic E-state index is 12.0. The second-order valence-corrected chi connectivity index (χ2v) is 12.6. The van der Waals surface area contributed by atoms with E-state index < -0.39 is 24.7 Å². The highest BCUT2D eigenvalue weighted by atomic mass is 16.7. The van der Waals surface area contributed by atoms with Gasteiger partial charge in [0.05, 0.1) is 6.10 Å². The van der Waals surface area contributed by atoms with Gasteiger partial charge in [-0.1, -0.05) is 34.1 Å². The summed E-state index contributed by atoms with van der Waals surface area (Å²) in [6, 6.07) is 0. The zero-order valence-corrected chi connectivity index (χ0v) is 20.8. The summed E-state index contributed by atoms with van der Waals surface area (Å²) in [6.07, 6.45) is 8.07. The second kappa shape index (κ2) is 7.81. The molecular formula is C27H40O6. The minimum Gasteiger partial charge on any atom is -0.436 e. The van der Waals surface area contributed by atoms with Gasteiger partial charge in [0.25, 0.3) is 0 Å². The minimum absolute atomic E-state index is 0.108. The average Bonchev–Trinajstić information content (AvgIpc) is 3.04. The van der Waals surface area contributed by atoms with Gasteiger partial charge in [0.1, 0.15) is 0 Å². The van der Waals surface area contributed by atoms with Crippen LogP contribution >= 0.6 is 0 Å². The zero-order chi connectivity index (χ0) is 23.8. The van der Waals surface area contributed by atoms with E-state index in [1.165, 1.54) is 45.1 Å². The molecule has 0 amide bonds. The Balaban J connectivity index is 1.50. The summed E-state index contributed by atoms with van der Waals surface area (Å²) in [5, 5.41) is 10.3. The third kappa shape index (κ3) is 3.58. The first-order valence-corrected chi connectivity index (χ1v) is 12.9. The summed E-state index contributed by atoms with van der Waals surface area (Å²) in [5.74, 6) is 0.882. The van der Waals surface area contributed by atoms with Gasteiger partial charge in [-0.15, -0.1) is 0 Å². The Kier molecular flexibility index (Phi) is 5.52. The molecule has 2 aliphatic heterocycles. The van der Waals surface area contributed by atoms with Crippen molar-refractivity contribution in [3.05, 3.63) is 11.6 Å². The number of ether oxygens (including phenoxy) is 3. The largest absolute Gasteiger partial charge is 0.436 e. The van der Waals surface area contributed by atoms with Crippen LogP contribution in [0.15, 0.2) is 11.6 Å². The van der Waals surface area contributed by atoms with Crippen molar-refractivity contribution in [2.45, 2.75) is 105 Å². The Bertz CT molecular complexity index is 863. The molecule has 6 heteroatoms. The first-order valence-electron chi connectivity index (χ1n) is 12.9. The van der Waals surface area contributed by atoms with Crippen LogP contribution < -0.4 is 0 Å². The van der Waals surface area contributed by atoms with Gasteiger partial charge in [-0.2, -0.15) is 0 Å². The lowest BCUT2D eigenvalue weighted by Gasteiger charge is -2.67. The van der Waals surface area contributed by atoms with Gasteiger partial charge in [-0.05, 0) is 78.9 Å². The molecule has 3 unspecified atom stereocenters. The van der Waals surface area contributed by atoms with Gasteiger partial charge in [-0.3, -0.25) is 4.79 Å². The number of carbonyl (C=O) groups excluding carboxylic acids is 2. The second-order valence-electron chi connectivity index (χ2n) is 12.6. The molecule has 4 fully saturated rings. The Labute approximate surface area is 197 Å². The van der Waals surface area contributed by atoms with E-state index in [0.717, 1.165) is 25.2 Å². The monoisotopic (exact) mass is 460 g/mol. The zero-order valence-electron chi connectivity index (χ0n) is 20.8. The van der Waals surface area contributed by atoms with Crippen LogP contribution in [0.2, 0.25) is 0 Å². The van der Waals surface area contributed by atoms with Crippen LogP contribution in [0.4, 0.5) is 0 Å². The van der Waals surface area contributed by atoms with E-state index in [1.807, 2.05) is 0 Å². The normalized spacial score (nSPS) is 48.6. The highest BCUT2D eigenvalue weighted by Crippen LogP contribution is 2.70. The van der Waals surface area contributed by atoms with Gasteiger partial charge in [-0.25, -0.2) is 4.79 Å². The molecule has 3 saturated carbocycles. The lowest BCUT2D eigenvalue weighted by molar-refractivity contribution is -0.270. The molecule has 1 saturated heterocycles. The van der Waals surface area contributed by atoms with Crippen LogP contribution in [0.25, 0.3) is 0 Å². The number of hydrogen-bond acceptors (Lipinski definition) is 6. The summed E-state index contributed by atoms with van der Waals surface area (Å²) in [7, 11) is 0. The average molecular weight is 461 g/mol. The molecule has 0 radical (unpaired) electrons. The Morgan fingerprint density at radius 2 is 1.82 bits per heavy atom. The van der Waals surface area contributed by atoms with Crippen LogP contribution in [-0.2, 0) is 23.8 Å². The molecule has 0 aromatic rings. The Hall–Kier alpha value is -1.40. The highest BCUT2D eigenvalue weighted by molar-refractivity contribution is 5.85. The van der Waals surface area contributed by atoms with Crippen molar-refractivity contribution < 1.29 is 28.9 Å². The van der Waals surface area contributed by atoms with E-state index in [2.05, 4.69) is 27.7 Å². The standard InChI is InChI=1S/C27H40O6/c1-15(28)31-24-16-7-8-21-26(4,12-9-20-25(2,3)10-6-11-27(20,21)5)18(16)14-19(32-24)17-13-22(29)33-23(17)30/h13,16,18-21,23-24,30H,6-12,14H2,1-5H3/t16-,18+,19+,20?,21?,23?,24-,26-,27-/m0/s1. The predicted molar refractivity (Wildman–Crippen MR) is 121 cm³/mol. The van der Waals surface area contributed by atoms with E-state index >= 15 is 0 Å². The smallest absolute Gasteiger partial charge is 0.333 e. The summed E-state index contributed by atoms with van der Waals surface area (Å²) in [4.78, 5) is 23.8. The van der Waals surface area contributed by atoms with Crippen molar-refractivity contribution in [3.8, 4) is 0 Å². The molecule has 3 aliphatic carbocycles. The number of carbonyl (C=O) groups is 2. The predicted octanol–water partition coefficient (Wildman–Crippen LogP) is 4.74. The van der Waals surface area contributed by atoms with Gasteiger partial charge in [0.2, 0.25) is 12.6 Å². The molecule has 0 spiro atoms. The fourth-order valence-corrected chi connectivity index (χ4v) is 9.32. The fourth-order valence-electron chi connectivity index (χ4n) is 9.32. The van der Waals surface area contributed by atoms with Gasteiger partial charge in [0.15, 0.2) is 0 Å². The summed E-state index contributed by atoms with van der Waals surface area (Å²) in [6.45, 7) is 11.4. The van der Waals surface area contributed by atoms with Gasteiger partial charge >= 0.3 is 11.9 Å². The van der Waals surface area contributed by atoms with E-state index in [9.17, 15) is 14.7 Å². The van der Waals surface area contributed by atoms with Crippen molar-refractivity contribution in [3.63, 3.8) is 0 Å². The summed E-state index contributed by atoms with van der Waals surface area (Å²) < 4.78 is 16.9. The van der Waals surface area contributed by atoms with Crippen molar-refractivity contribution in [1.82, 2.24) is 0 Å². The SMILES string of the molecule is CC(=O)O[C@H]1O[C@@H](C2=CC(=O)OC2O)C[C@@H]2[C@@H]1CCC1[C@@]3(C)CCCC(C)(C)C3CC[C@]12C. The van der Waals surface area contributed by atoms with Crippen molar-refractivity contribution in [1.29, 1.82) is 0 Å². The van der Waals surface area contributed by atoms with Crippen LogP contribution in [0, 0.1) is 39.9 Å². The van der Waals surface area contributed by atoms with Crippen LogP contribution in [0.1, 0.15) is 86.0 Å². The molecular weight excluding hydrogens is 420 g/mol. The van der Waals surface area contributed by atoms with Crippen molar-refractivity contribution in [2.75, 3.05) is 0 Å². The lowest BCUT2D eigenvalue weighted by Crippen LogP contribution is -2.62. The Morgan fingerprint density at radius 1 is 1.06 bits per heavy atom. The number of cyclic esters (lactones) is 1. The van der Waals surface area contributed by atoms with E-state index in [1.54, 1.807) is 0 Å². The van der Waals surface area contributed by atoms with Crippen molar-refractivity contribution in [2.24, 2.45) is 39.9 Å². The van der Waals surface area contributed by atoms with Crippen molar-refractivity contribution >= 4 is 11.9 Å². The van der Waals surface area contributed by atoms with E-state index in [4.69, 9.17) is 14.2 Å². The van der Waals surface area contributed by atoms with Crippen LogP contribution in [-0.4, -0.2) is 35.7 Å². The molecule has 2 heterocycles. The molecule has 184 valence electrons. The highest BCUT2D eigenvalue weighted by Gasteiger charge is 2.64. The molecule has 9 atom stereocenters. The topological polar surface area (TPSA) is 82.1 Å². The molecule has 0 aromatic carbocycles. The Morgan fingerprint density at radius 3 is 2.48 bits per heavy atom. The first kappa shape index (κ1) is 23.3. The number of hydrogen-bond donors (Lipinski definition) is 1. The van der Waals surface area contributed by atoms with Gasteiger partial charge in [0, 0.05) is 24.5 Å². The fraction of sp³-hybridized carbons (Fsp3) is 0.852. The molecule has 33 heavy (non-hydrogen) atoms. The number of fused-ring (bicyclic) bond motifs is 5. The maximum Gasteiger partial charge on any atom is 0.333 e. The number of aliphatic hydroxyl groups excluding tert-OH is 1. The van der Waals surface area contributed by atoms with Gasteiger partial charge < -0.3 is 19.3 Å². The molecule has 0 aromatic heterocycles. The third-order valence-electron chi connectivity index (χ3n) is 10.6. The third-order valence-corrected chi connectivity index (χ3v) is 10.6. The number of esters is 2. The van der Waals surface area contributed by atoms with E-state index in [-0.39, 0.29) is 17.3 Å².